The van der Waals surface area contributed by atoms with Crippen LogP contribution in [-0.2, 0) is 0 Å². The van der Waals surface area contributed by atoms with E-state index in [-0.39, 0.29) is 11.6 Å². The van der Waals surface area contributed by atoms with Gasteiger partial charge in [0.25, 0.3) is 5.91 Å². The zero-order valence-electron chi connectivity index (χ0n) is 8.60. The van der Waals surface area contributed by atoms with E-state index in [9.17, 15) is 4.79 Å². The number of methoxy groups -OCH3 is 1. The van der Waals surface area contributed by atoms with Crippen LogP contribution in [0.25, 0.3) is 0 Å². The Morgan fingerprint density at radius 3 is 2.69 bits per heavy atom. The van der Waals surface area contributed by atoms with E-state index in [1.165, 1.54) is 6.20 Å². The molecule has 0 spiro atoms. The molecule has 0 radical (unpaired) electrons. The van der Waals surface area contributed by atoms with Crippen molar-refractivity contribution in [1.29, 1.82) is 0 Å². The van der Waals surface area contributed by atoms with E-state index in [0.717, 1.165) is 5.75 Å². The summed E-state index contributed by atoms with van der Waals surface area (Å²) in [5.74, 6) is 0.429. The first kappa shape index (κ1) is 10.2. The Morgan fingerprint density at radius 1 is 1.38 bits per heavy atom. The van der Waals surface area contributed by atoms with Gasteiger partial charge in [0.05, 0.1) is 13.3 Å². The van der Waals surface area contributed by atoms with Gasteiger partial charge in [-0.25, -0.2) is 0 Å². The lowest BCUT2D eigenvalue weighted by Crippen LogP contribution is -2.12. The van der Waals surface area contributed by atoms with Crippen molar-refractivity contribution in [3.05, 3.63) is 36.2 Å². The smallest absolute Gasteiger partial charge is 0.277 e. The lowest BCUT2D eigenvalue weighted by molar-refractivity contribution is 0.102. The molecule has 0 aliphatic heterocycles. The molecule has 2 rings (SSSR count). The molecule has 0 aliphatic rings. The molecule has 0 saturated carbocycles. The molecule has 1 amide bonds. The first-order valence-corrected chi connectivity index (χ1v) is 4.61. The Kier molecular flexibility index (Phi) is 2.81. The Hall–Kier alpha value is -2.37. The Balaban J connectivity index is 2.06. The van der Waals surface area contributed by atoms with Crippen molar-refractivity contribution < 1.29 is 9.53 Å². The number of anilines is 1. The molecule has 0 bridgehead atoms. The molecule has 0 saturated heterocycles. The quantitative estimate of drug-likeness (QED) is 0.807. The maximum atomic E-state index is 11.6. The highest BCUT2D eigenvalue weighted by molar-refractivity contribution is 6.02. The topological polar surface area (TPSA) is 79.9 Å². The van der Waals surface area contributed by atoms with Crippen molar-refractivity contribution in [2.75, 3.05) is 12.4 Å². The number of benzene rings is 1. The molecule has 1 aromatic heterocycles. The van der Waals surface area contributed by atoms with Crippen LogP contribution in [0.5, 0.6) is 5.75 Å². The van der Waals surface area contributed by atoms with Gasteiger partial charge in [0.2, 0.25) is 0 Å². The van der Waals surface area contributed by atoms with E-state index in [0.29, 0.717) is 5.69 Å². The summed E-state index contributed by atoms with van der Waals surface area (Å²) in [6.45, 7) is 0. The number of carbonyl (C=O) groups is 1. The third kappa shape index (κ3) is 2.17. The second kappa shape index (κ2) is 4.43. The number of carbonyl (C=O) groups excluding carboxylic acids is 1. The number of nitrogens with one attached hydrogen (secondary N) is 2. The molecule has 1 aromatic carbocycles. The van der Waals surface area contributed by atoms with E-state index >= 15 is 0 Å². The molecule has 6 nitrogen and oxygen atoms in total. The first-order valence-electron chi connectivity index (χ1n) is 4.61. The molecule has 2 aromatic rings. The molecule has 16 heavy (non-hydrogen) atoms. The summed E-state index contributed by atoms with van der Waals surface area (Å²) in [6, 6.07) is 7.02. The highest BCUT2D eigenvalue weighted by Gasteiger charge is 2.08. The monoisotopic (exact) mass is 218 g/mol. The minimum atomic E-state index is -0.307. The van der Waals surface area contributed by atoms with Crippen molar-refractivity contribution >= 4 is 11.6 Å². The fourth-order valence-corrected chi connectivity index (χ4v) is 1.18. The van der Waals surface area contributed by atoms with Crippen molar-refractivity contribution in [3.63, 3.8) is 0 Å². The van der Waals surface area contributed by atoms with Gasteiger partial charge in [-0.05, 0) is 24.3 Å². The van der Waals surface area contributed by atoms with Crippen molar-refractivity contribution in [3.8, 4) is 5.75 Å². The van der Waals surface area contributed by atoms with Gasteiger partial charge >= 0.3 is 0 Å². The van der Waals surface area contributed by atoms with Crippen LogP contribution in [0.2, 0.25) is 0 Å². The zero-order valence-corrected chi connectivity index (χ0v) is 8.60. The molecule has 2 N–H and O–H groups in total. The molecule has 0 atom stereocenters. The number of rotatable bonds is 3. The minimum Gasteiger partial charge on any atom is -0.497 e. The van der Waals surface area contributed by atoms with Crippen molar-refractivity contribution in [2.45, 2.75) is 0 Å². The van der Waals surface area contributed by atoms with Crippen LogP contribution in [0.15, 0.2) is 30.5 Å². The van der Waals surface area contributed by atoms with Crippen LogP contribution in [-0.4, -0.2) is 28.4 Å². The van der Waals surface area contributed by atoms with Crippen LogP contribution in [0, 0.1) is 0 Å². The molecule has 0 aliphatic carbocycles. The third-order valence-corrected chi connectivity index (χ3v) is 2.00. The first-order chi connectivity index (χ1) is 7.79. The van der Waals surface area contributed by atoms with Gasteiger partial charge in [-0.1, -0.05) is 0 Å². The molecular formula is C10H10N4O2. The number of amides is 1. The van der Waals surface area contributed by atoms with Gasteiger partial charge in [0.1, 0.15) is 5.75 Å². The van der Waals surface area contributed by atoms with E-state index in [1.807, 2.05) is 0 Å². The second-order valence-electron chi connectivity index (χ2n) is 3.04. The minimum absolute atomic E-state index is 0.246. The number of aromatic amines is 1. The third-order valence-electron chi connectivity index (χ3n) is 2.00. The summed E-state index contributed by atoms with van der Waals surface area (Å²) in [7, 11) is 1.59. The van der Waals surface area contributed by atoms with E-state index in [4.69, 9.17) is 4.74 Å². The average Bonchev–Trinajstić information content (AvgIpc) is 2.83. The summed E-state index contributed by atoms with van der Waals surface area (Å²) >= 11 is 0. The predicted octanol–water partition coefficient (Wildman–Crippen LogP) is 1.07. The SMILES string of the molecule is COc1ccc(NC(=O)c2cn[nH]n2)cc1. The number of hydrogen-bond acceptors (Lipinski definition) is 4. The molecular weight excluding hydrogens is 208 g/mol. The van der Waals surface area contributed by atoms with Gasteiger partial charge in [0.15, 0.2) is 5.69 Å². The number of hydrogen-bond donors (Lipinski definition) is 2. The van der Waals surface area contributed by atoms with Gasteiger partial charge in [0, 0.05) is 5.69 Å². The fraction of sp³-hybridized carbons (Fsp3) is 0.100. The van der Waals surface area contributed by atoms with Crippen LogP contribution < -0.4 is 10.1 Å². The molecule has 82 valence electrons. The summed E-state index contributed by atoms with van der Waals surface area (Å²) in [5, 5.41) is 12.3. The van der Waals surface area contributed by atoms with E-state index < -0.39 is 0 Å². The van der Waals surface area contributed by atoms with Crippen LogP contribution in [0.3, 0.4) is 0 Å². The van der Waals surface area contributed by atoms with Crippen molar-refractivity contribution in [2.24, 2.45) is 0 Å². The van der Waals surface area contributed by atoms with Crippen LogP contribution >= 0.6 is 0 Å². The second-order valence-corrected chi connectivity index (χ2v) is 3.04. The Labute approximate surface area is 91.6 Å². The molecule has 0 fully saturated rings. The number of nitrogens with zero attached hydrogens (tertiary/aromatic N) is 2. The fourth-order valence-electron chi connectivity index (χ4n) is 1.18. The van der Waals surface area contributed by atoms with Crippen LogP contribution in [0.4, 0.5) is 5.69 Å². The normalized spacial score (nSPS) is 9.81. The number of H-pyrrole nitrogens is 1. The van der Waals surface area contributed by atoms with Gasteiger partial charge < -0.3 is 10.1 Å². The largest absolute Gasteiger partial charge is 0.497 e. The molecule has 0 unspecified atom stereocenters. The standard InChI is InChI=1S/C10H10N4O2/c1-16-8-4-2-7(3-5-8)12-10(15)9-6-11-14-13-9/h2-6H,1H3,(H,12,15)(H,11,13,14). The van der Waals surface area contributed by atoms with Gasteiger partial charge in [-0.3, -0.25) is 4.79 Å². The summed E-state index contributed by atoms with van der Waals surface area (Å²) in [5.41, 5.74) is 0.921. The van der Waals surface area contributed by atoms with E-state index in [1.54, 1.807) is 31.4 Å². The van der Waals surface area contributed by atoms with Crippen molar-refractivity contribution in [1.82, 2.24) is 15.4 Å². The van der Waals surface area contributed by atoms with E-state index in [2.05, 4.69) is 20.7 Å². The summed E-state index contributed by atoms with van der Waals surface area (Å²) in [6.07, 6.45) is 1.36. The zero-order chi connectivity index (χ0) is 11.4. The molecule has 6 heteroatoms. The lowest BCUT2D eigenvalue weighted by Gasteiger charge is -2.03. The maximum Gasteiger partial charge on any atom is 0.277 e. The highest BCUT2D eigenvalue weighted by atomic mass is 16.5. The van der Waals surface area contributed by atoms with Crippen LogP contribution in [0.1, 0.15) is 10.5 Å². The summed E-state index contributed by atoms with van der Waals surface area (Å²) in [4.78, 5) is 11.6. The average molecular weight is 218 g/mol. The van der Waals surface area contributed by atoms with Gasteiger partial charge in [-0.15, -0.1) is 0 Å². The Morgan fingerprint density at radius 2 is 2.12 bits per heavy atom. The maximum absolute atomic E-state index is 11.6. The highest BCUT2D eigenvalue weighted by Crippen LogP contribution is 2.15. The number of aromatic nitrogens is 3. The lowest BCUT2D eigenvalue weighted by atomic mass is 10.3. The number of ether oxygens (including phenoxy) is 1. The molecule has 1 heterocycles. The van der Waals surface area contributed by atoms with Gasteiger partial charge in [-0.2, -0.15) is 15.4 Å². The predicted molar refractivity (Wildman–Crippen MR) is 57.3 cm³/mol. The summed E-state index contributed by atoms with van der Waals surface area (Å²) < 4.78 is 5.01. The Bertz CT molecular complexity index is 464.